The van der Waals surface area contributed by atoms with Crippen molar-refractivity contribution in [3.63, 3.8) is 0 Å². The third kappa shape index (κ3) is 5.76. The number of hydrogen-bond acceptors (Lipinski definition) is 7. The summed E-state index contributed by atoms with van der Waals surface area (Å²) in [6.07, 6.45) is 3.89. The number of fused-ring (bicyclic) bond motifs is 1. The molecule has 33 heavy (non-hydrogen) atoms. The van der Waals surface area contributed by atoms with E-state index >= 15 is 0 Å². The number of anilines is 1. The van der Waals surface area contributed by atoms with Crippen molar-refractivity contribution in [3.05, 3.63) is 54.4 Å². The molecule has 0 N–H and O–H groups in total. The standard InChI is InChI=1S/C25H32N4O4/c1-3-32-25(30)22-19-20-18-21(10-12-29(20)26-22)33-17-7-6-11-27-13-15-28(16-14-27)23-8-4-5-9-24(23)31-2/h4-5,8-10,12,18-19H,3,6-7,11,13-17H2,1-2H3. The fourth-order valence-electron chi connectivity index (χ4n) is 4.10. The van der Waals surface area contributed by atoms with Crippen molar-refractivity contribution in [1.29, 1.82) is 0 Å². The van der Waals surface area contributed by atoms with Crippen LogP contribution in [0, 0.1) is 0 Å². The molecule has 0 unspecified atom stereocenters. The second-order valence-corrected chi connectivity index (χ2v) is 8.04. The molecule has 0 saturated carbocycles. The number of methoxy groups -OCH3 is 1. The predicted octanol–water partition coefficient (Wildman–Crippen LogP) is 3.50. The lowest BCUT2D eigenvalue weighted by Crippen LogP contribution is -2.46. The average Bonchev–Trinajstić information content (AvgIpc) is 3.28. The molecule has 8 nitrogen and oxygen atoms in total. The highest BCUT2D eigenvalue weighted by atomic mass is 16.5. The average molecular weight is 453 g/mol. The Hall–Kier alpha value is -3.26. The minimum atomic E-state index is -0.410. The first kappa shape index (κ1) is 22.9. The predicted molar refractivity (Wildman–Crippen MR) is 128 cm³/mol. The van der Waals surface area contributed by atoms with E-state index in [9.17, 15) is 4.79 Å². The maximum atomic E-state index is 11.9. The SMILES string of the molecule is CCOC(=O)c1cc2cc(OCCCCN3CCN(c4ccccc4OC)CC3)ccn2n1. The maximum Gasteiger partial charge on any atom is 0.358 e. The number of aromatic nitrogens is 2. The van der Waals surface area contributed by atoms with Gasteiger partial charge in [0, 0.05) is 38.4 Å². The molecule has 4 rings (SSSR count). The van der Waals surface area contributed by atoms with Crippen LogP contribution in [0.2, 0.25) is 0 Å². The van der Waals surface area contributed by atoms with Crippen LogP contribution in [-0.2, 0) is 4.74 Å². The smallest absolute Gasteiger partial charge is 0.358 e. The highest BCUT2D eigenvalue weighted by Gasteiger charge is 2.19. The number of ether oxygens (including phenoxy) is 3. The molecule has 1 aliphatic rings. The normalized spacial score (nSPS) is 14.4. The highest BCUT2D eigenvalue weighted by molar-refractivity contribution is 5.88. The summed E-state index contributed by atoms with van der Waals surface area (Å²) in [5, 5.41) is 4.24. The van der Waals surface area contributed by atoms with Gasteiger partial charge in [-0.25, -0.2) is 9.31 Å². The van der Waals surface area contributed by atoms with E-state index in [4.69, 9.17) is 14.2 Å². The molecular formula is C25H32N4O4. The summed E-state index contributed by atoms with van der Waals surface area (Å²) in [7, 11) is 1.73. The molecule has 0 atom stereocenters. The molecule has 0 radical (unpaired) electrons. The Bertz CT molecular complexity index is 1060. The molecule has 176 valence electrons. The van der Waals surface area contributed by atoms with Gasteiger partial charge in [0.25, 0.3) is 0 Å². The number of esters is 1. The Balaban J connectivity index is 1.17. The Morgan fingerprint density at radius 1 is 1.06 bits per heavy atom. The third-order valence-electron chi connectivity index (χ3n) is 5.85. The van der Waals surface area contributed by atoms with Crippen molar-refractivity contribution in [2.75, 3.05) is 57.9 Å². The quantitative estimate of drug-likeness (QED) is 0.344. The number of carbonyl (C=O) groups is 1. The molecule has 0 bridgehead atoms. The first-order valence-electron chi connectivity index (χ1n) is 11.6. The molecule has 0 amide bonds. The molecule has 3 heterocycles. The van der Waals surface area contributed by atoms with Crippen molar-refractivity contribution in [2.45, 2.75) is 19.8 Å². The molecule has 8 heteroatoms. The fourth-order valence-corrected chi connectivity index (χ4v) is 4.10. The van der Waals surface area contributed by atoms with Gasteiger partial charge < -0.3 is 19.1 Å². The zero-order chi connectivity index (χ0) is 23.0. The van der Waals surface area contributed by atoms with Gasteiger partial charge in [0.05, 0.1) is 31.5 Å². The van der Waals surface area contributed by atoms with Crippen LogP contribution in [0.1, 0.15) is 30.3 Å². The number of nitrogens with zero attached hydrogens (tertiary/aromatic N) is 4. The largest absolute Gasteiger partial charge is 0.495 e. The second-order valence-electron chi connectivity index (χ2n) is 8.04. The van der Waals surface area contributed by atoms with Gasteiger partial charge in [0.15, 0.2) is 5.69 Å². The van der Waals surface area contributed by atoms with Crippen molar-refractivity contribution >= 4 is 17.2 Å². The van der Waals surface area contributed by atoms with Crippen LogP contribution in [0.25, 0.3) is 5.52 Å². The molecule has 1 fully saturated rings. The maximum absolute atomic E-state index is 11.9. The second kappa shape index (κ2) is 11.0. The summed E-state index contributed by atoms with van der Waals surface area (Å²) >= 11 is 0. The molecule has 0 aliphatic carbocycles. The first-order valence-corrected chi connectivity index (χ1v) is 11.6. The van der Waals surface area contributed by atoms with Crippen LogP contribution in [-0.4, -0.2) is 73.5 Å². The summed E-state index contributed by atoms with van der Waals surface area (Å²) in [6.45, 7) is 7.98. The minimum Gasteiger partial charge on any atom is -0.495 e. The monoisotopic (exact) mass is 452 g/mol. The third-order valence-corrected chi connectivity index (χ3v) is 5.85. The Labute approximate surface area is 194 Å². The van der Waals surface area contributed by atoms with E-state index in [2.05, 4.69) is 27.0 Å². The molecule has 3 aromatic rings. The van der Waals surface area contributed by atoms with Crippen molar-refractivity contribution in [1.82, 2.24) is 14.5 Å². The summed E-state index contributed by atoms with van der Waals surface area (Å²) in [5.41, 5.74) is 2.29. The lowest BCUT2D eigenvalue weighted by Gasteiger charge is -2.36. The molecule has 1 aromatic carbocycles. The van der Waals surface area contributed by atoms with E-state index in [1.807, 2.05) is 24.3 Å². The Morgan fingerprint density at radius 3 is 2.67 bits per heavy atom. The summed E-state index contributed by atoms with van der Waals surface area (Å²) in [4.78, 5) is 16.8. The fraction of sp³-hybridized carbons (Fsp3) is 0.440. The van der Waals surface area contributed by atoms with Crippen LogP contribution in [0.3, 0.4) is 0 Å². The van der Waals surface area contributed by atoms with Crippen molar-refractivity contribution in [2.24, 2.45) is 0 Å². The molecule has 1 saturated heterocycles. The van der Waals surface area contributed by atoms with Gasteiger partial charge in [-0.1, -0.05) is 12.1 Å². The number of rotatable bonds is 10. The van der Waals surface area contributed by atoms with Gasteiger partial charge in [0.2, 0.25) is 0 Å². The summed E-state index contributed by atoms with van der Waals surface area (Å²) < 4.78 is 18.1. The highest BCUT2D eigenvalue weighted by Crippen LogP contribution is 2.28. The molecular weight excluding hydrogens is 420 g/mol. The number of unbranched alkanes of at least 4 members (excludes halogenated alkanes) is 1. The van der Waals surface area contributed by atoms with Crippen LogP contribution in [0.5, 0.6) is 11.5 Å². The number of pyridine rings is 1. The van der Waals surface area contributed by atoms with Gasteiger partial charge in [-0.05, 0) is 50.6 Å². The van der Waals surface area contributed by atoms with Gasteiger partial charge in [-0.15, -0.1) is 0 Å². The van der Waals surface area contributed by atoms with Gasteiger partial charge in [0.1, 0.15) is 11.5 Å². The molecule has 1 aliphatic heterocycles. The van der Waals surface area contributed by atoms with Gasteiger partial charge in [-0.2, -0.15) is 5.10 Å². The van der Waals surface area contributed by atoms with E-state index in [1.165, 1.54) is 5.69 Å². The van der Waals surface area contributed by atoms with Crippen molar-refractivity contribution in [3.8, 4) is 11.5 Å². The number of benzene rings is 1. The van der Waals surface area contributed by atoms with Crippen LogP contribution in [0.4, 0.5) is 5.69 Å². The molecule has 0 spiro atoms. The molecule has 2 aromatic heterocycles. The van der Waals surface area contributed by atoms with Crippen LogP contribution < -0.4 is 14.4 Å². The number of carbonyl (C=O) groups excluding carboxylic acids is 1. The van der Waals surface area contributed by atoms with E-state index in [0.29, 0.717) is 18.9 Å². The summed E-state index contributed by atoms with van der Waals surface area (Å²) in [5.74, 6) is 1.31. The number of piperazine rings is 1. The first-order chi connectivity index (χ1) is 16.2. The lowest BCUT2D eigenvalue weighted by atomic mass is 10.2. The Morgan fingerprint density at radius 2 is 1.88 bits per heavy atom. The number of para-hydroxylation sites is 2. The van der Waals surface area contributed by atoms with Crippen LogP contribution >= 0.6 is 0 Å². The van der Waals surface area contributed by atoms with E-state index < -0.39 is 5.97 Å². The van der Waals surface area contributed by atoms with E-state index in [1.54, 1.807) is 30.8 Å². The van der Waals surface area contributed by atoms with Crippen molar-refractivity contribution < 1.29 is 19.0 Å². The lowest BCUT2D eigenvalue weighted by molar-refractivity contribution is 0.0519. The van der Waals surface area contributed by atoms with E-state index in [0.717, 1.165) is 62.6 Å². The zero-order valence-electron chi connectivity index (χ0n) is 19.4. The van der Waals surface area contributed by atoms with Gasteiger partial charge >= 0.3 is 5.97 Å². The Kier molecular flexibility index (Phi) is 7.67. The zero-order valence-corrected chi connectivity index (χ0v) is 19.4. The van der Waals surface area contributed by atoms with Gasteiger partial charge in [-0.3, -0.25) is 4.90 Å². The summed E-state index contributed by atoms with van der Waals surface area (Å²) in [6, 6.07) is 13.7. The topological polar surface area (TPSA) is 68.5 Å². The number of hydrogen-bond donors (Lipinski definition) is 0. The van der Waals surface area contributed by atoms with Crippen LogP contribution in [0.15, 0.2) is 48.7 Å². The minimum absolute atomic E-state index is 0.305. The van der Waals surface area contributed by atoms with E-state index in [-0.39, 0.29) is 0 Å².